The van der Waals surface area contributed by atoms with Gasteiger partial charge in [0, 0.05) is 19.7 Å². The lowest BCUT2D eigenvalue weighted by Gasteiger charge is -2.14. The van der Waals surface area contributed by atoms with E-state index in [1.807, 2.05) is 6.92 Å². The van der Waals surface area contributed by atoms with Crippen LogP contribution in [0, 0.1) is 0 Å². The van der Waals surface area contributed by atoms with E-state index in [2.05, 4.69) is 32.5 Å². The molecule has 2 unspecified atom stereocenters. The summed E-state index contributed by atoms with van der Waals surface area (Å²) in [7, 11) is 1.76. The highest BCUT2D eigenvalue weighted by Gasteiger charge is 2.25. The van der Waals surface area contributed by atoms with Crippen LogP contribution >= 0.6 is 0 Å². The minimum Gasteiger partial charge on any atom is -0.463 e. The summed E-state index contributed by atoms with van der Waals surface area (Å²) in [5, 5.41) is 6.46. The van der Waals surface area contributed by atoms with Gasteiger partial charge >= 0.3 is 6.01 Å². The Morgan fingerprint density at radius 2 is 1.95 bits per heavy atom. The molecule has 2 rings (SSSR count). The molecule has 0 aliphatic heterocycles. The van der Waals surface area contributed by atoms with E-state index < -0.39 is 0 Å². The van der Waals surface area contributed by atoms with Crippen LogP contribution in [0.3, 0.4) is 0 Å². The number of ether oxygens (including phenoxy) is 2. The fraction of sp³-hybridized carbons (Fsp3) is 0.786. The van der Waals surface area contributed by atoms with E-state index >= 15 is 0 Å². The minimum atomic E-state index is 0.327. The zero-order valence-electron chi connectivity index (χ0n) is 13.1. The molecule has 2 N–H and O–H groups in total. The standard InChI is InChI=1S/C14H25N5O2/c1-4-8-21-14-18-12(15-5-2)17-13(19-14)16-10-6-7-11(9-10)20-3/h10-11H,4-9H2,1-3H3,(H2,15,16,17,18,19). The maximum Gasteiger partial charge on any atom is 0.323 e. The molecule has 2 atom stereocenters. The maximum atomic E-state index is 5.52. The van der Waals surface area contributed by atoms with Gasteiger partial charge in [-0.2, -0.15) is 15.0 Å². The largest absolute Gasteiger partial charge is 0.463 e. The summed E-state index contributed by atoms with van der Waals surface area (Å²) >= 11 is 0. The second kappa shape index (κ2) is 7.97. The van der Waals surface area contributed by atoms with Crippen LogP contribution in [0.4, 0.5) is 11.9 Å². The van der Waals surface area contributed by atoms with E-state index in [9.17, 15) is 0 Å². The van der Waals surface area contributed by atoms with Crippen molar-refractivity contribution in [1.82, 2.24) is 15.0 Å². The molecule has 21 heavy (non-hydrogen) atoms. The first-order valence-electron chi connectivity index (χ1n) is 7.67. The van der Waals surface area contributed by atoms with Crippen molar-refractivity contribution < 1.29 is 9.47 Å². The summed E-state index contributed by atoms with van der Waals surface area (Å²) in [6.45, 7) is 5.41. The van der Waals surface area contributed by atoms with Crippen molar-refractivity contribution in [3.8, 4) is 6.01 Å². The van der Waals surface area contributed by atoms with E-state index in [0.29, 0.717) is 36.7 Å². The van der Waals surface area contributed by atoms with Crippen molar-refractivity contribution in [1.29, 1.82) is 0 Å². The lowest BCUT2D eigenvalue weighted by Crippen LogP contribution is -2.20. The molecule has 0 aromatic carbocycles. The SMILES string of the molecule is CCCOc1nc(NCC)nc(NC2CCC(OC)C2)n1. The van der Waals surface area contributed by atoms with Crippen molar-refractivity contribution in [2.24, 2.45) is 0 Å². The van der Waals surface area contributed by atoms with E-state index in [0.717, 1.165) is 32.2 Å². The van der Waals surface area contributed by atoms with Gasteiger partial charge in [-0.05, 0) is 32.6 Å². The summed E-state index contributed by atoms with van der Waals surface area (Å²) in [6, 6.07) is 0.706. The van der Waals surface area contributed by atoms with Crippen LogP contribution in [0.5, 0.6) is 6.01 Å². The van der Waals surface area contributed by atoms with Crippen molar-refractivity contribution in [3.63, 3.8) is 0 Å². The van der Waals surface area contributed by atoms with Crippen LogP contribution in [-0.4, -0.2) is 47.4 Å². The monoisotopic (exact) mass is 295 g/mol. The first-order valence-corrected chi connectivity index (χ1v) is 7.67. The quantitative estimate of drug-likeness (QED) is 0.759. The van der Waals surface area contributed by atoms with Gasteiger partial charge in [0.25, 0.3) is 0 Å². The van der Waals surface area contributed by atoms with Gasteiger partial charge in [0.05, 0.1) is 12.7 Å². The number of methoxy groups -OCH3 is 1. The van der Waals surface area contributed by atoms with Gasteiger partial charge in [0.2, 0.25) is 11.9 Å². The average molecular weight is 295 g/mol. The Morgan fingerprint density at radius 1 is 1.14 bits per heavy atom. The first kappa shape index (κ1) is 15.8. The van der Waals surface area contributed by atoms with Crippen LogP contribution in [0.25, 0.3) is 0 Å². The first-order chi connectivity index (χ1) is 10.2. The molecule has 7 nitrogen and oxygen atoms in total. The van der Waals surface area contributed by atoms with E-state index in [1.54, 1.807) is 7.11 Å². The van der Waals surface area contributed by atoms with Crippen LogP contribution in [0.15, 0.2) is 0 Å². The molecule has 1 heterocycles. The molecule has 0 bridgehead atoms. The molecule has 0 spiro atoms. The van der Waals surface area contributed by atoms with Crippen LogP contribution in [0.2, 0.25) is 0 Å². The average Bonchev–Trinajstić information content (AvgIpc) is 2.93. The number of nitrogens with one attached hydrogen (secondary N) is 2. The maximum absolute atomic E-state index is 5.52. The highest BCUT2D eigenvalue weighted by atomic mass is 16.5. The normalized spacial score (nSPS) is 21.3. The highest BCUT2D eigenvalue weighted by Crippen LogP contribution is 2.24. The number of hydrogen-bond donors (Lipinski definition) is 2. The molecule has 0 amide bonds. The number of aromatic nitrogens is 3. The Labute approximate surface area is 125 Å². The number of anilines is 2. The van der Waals surface area contributed by atoms with Crippen molar-refractivity contribution in [2.75, 3.05) is 30.9 Å². The van der Waals surface area contributed by atoms with Gasteiger partial charge < -0.3 is 20.1 Å². The van der Waals surface area contributed by atoms with Gasteiger partial charge in [0.1, 0.15) is 0 Å². The molecule has 7 heteroatoms. The van der Waals surface area contributed by atoms with E-state index in [-0.39, 0.29) is 0 Å². The highest BCUT2D eigenvalue weighted by molar-refractivity contribution is 5.36. The summed E-state index contributed by atoms with van der Waals surface area (Å²) in [5.41, 5.74) is 0. The zero-order valence-corrected chi connectivity index (χ0v) is 13.1. The lowest BCUT2D eigenvalue weighted by molar-refractivity contribution is 0.108. The van der Waals surface area contributed by atoms with Crippen molar-refractivity contribution >= 4 is 11.9 Å². The molecule has 1 aliphatic rings. The van der Waals surface area contributed by atoms with Crippen molar-refractivity contribution in [3.05, 3.63) is 0 Å². The van der Waals surface area contributed by atoms with Crippen LogP contribution < -0.4 is 15.4 Å². The number of nitrogens with zero attached hydrogens (tertiary/aromatic N) is 3. The summed E-state index contributed by atoms with van der Waals surface area (Å²) in [5.74, 6) is 1.11. The predicted molar refractivity (Wildman–Crippen MR) is 81.8 cm³/mol. The molecular formula is C14H25N5O2. The second-order valence-corrected chi connectivity index (χ2v) is 5.16. The zero-order chi connectivity index (χ0) is 15.1. The Balaban J connectivity index is 2.04. The molecule has 1 aromatic rings. The second-order valence-electron chi connectivity index (χ2n) is 5.16. The summed E-state index contributed by atoms with van der Waals surface area (Å²) in [4.78, 5) is 13.0. The van der Waals surface area contributed by atoms with E-state index in [1.165, 1.54) is 0 Å². The third-order valence-corrected chi connectivity index (χ3v) is 3.44. The minimum absolute atomic E-state index is 0.327. The molecule has 1 aliphatic carbocycles. The number of hydrogen-bond acceptors (Lipinski definition) is 7. The van der Waals surface area contributed by atoms with Gasteiger partial charge in [-0.1, -0.05) is 6.92 Å². The molecule has 1 fully saturated rings. The van der Waals surface area contributed by atoms with Gasteiger partial charge in [-0.15, -0.1) is 0 Å². The Hall–Kier alpha value is -1.63. The van der Waals surface area contributed by atoms with Crippen molar-refractivity contribution in [2.45, 2.75) is 51.7 Å². The molecular weight excluding hydrogens is 270 g/mol. The molecule has 0 saturated heterocycles. The molecule has 1 saturated carbocycles. The Kier molecular flexibility index (Phi) is 5.98. The smallest absolute Gasteiger partial charge is 0.323 e. The summed E-state index contributed by atoms with van der Waals surface area (Å²) < 4.78 is 10.9. The van der Waals surface area contributed by atoms with Gasteiger partial charge in [-0.25, -0.2) is 0 Å². The lowest BCUT2D eigenvalue weighted by atomic mass is 10.2. The third-order valence-electron chi connectivity index (χ3n) is 3.44. The fourth-order valence-electron chi connectivity index (χ4n) is 2.38. The molecule has 118 valence electrons. The third kappa shape index (κ3) is 4.70. The Bertz CT molecular complexity index is 443. The Morgan fingerprint density at radius 3 is 2.62 bits per heavy atom. The predicted octanol–water partition coefficient (Wildman–Crippen LogP) is 2.07. The topological polar surface area (TPSA) is 81.2 Å². The fourth-order valence-corrected chi connectivity index (χ4v) is 2.38. The van der Waals surface area contributed by atoms with E-state index in [4.69, 9.17) is 9.47 Å². The molecule has 0 radical (unpaired) electrons. The van der Waals surface area contributed by atoms with Crippen LogP contribution in [-0.2, 0) is 4.74 Å². The van der Waals surface area contributed by atoms with Crippen LogP contribution in [0.1, 0.15) is 39.5 Å². The molecule has 1 aromatic heterocycles. The van der Waals surface area contributed by atoms with Gasteiger partial charge in [-0.3, -0.25) is 0 Å². The number of rotatable bonds is 8. The van der Waals surface area contributed by atoms with Gasteiger partial charge in [0.15, 0.2) is 0 Å². The summed E-state index contributed by atoms with van der Waals surface area (Å²) in [6.07, 6.45) is 4.35.